The molecule has 3 nitrogen and oxygen atoms in total. The molecule has 1 amide bonds. The Kier molecular flexibility index (Phi) is 5.25. The molecule has 0 heterocycles. The standard InChI is InChI=1S/C16H24N2O/c1-13-8-10-14(11-9-13)17-12-16(19)18-15-6-4-2-3-5-7-15/h8-11,15,17H,2-7,12H2,1H3,(H,18,19). The fourth-order valence-electron chi connectivity index (χ4n) is 2.56. The van der Waals surface area contributed by atoms with Crippen molar-refractivity contribution in [1.29, 1.82) is 0 Å². The van der Waals surface area contributed by atoms with Crippen molar-refractivity contribution in [2.45, 2.75) is 51.5 Å². The van der Waals surface area contributed by atoms with E-state index < -0.39 is 0 Å². The van der Waals surface area contributed by atoms with Gasteiger partial charge in [0, 0.05) is 11.7 Å². The molecule has 1 aliphatic rings. The predicted octanol–water partition coefficient (Wildman–Crippen LogP) is 3.25. The lowest BCUT2D eigenvalue weighted by atomic mass is 10.1. The van der Waals surface area contributed by atoms with E-state index in [1.54, 1.807) is 0 Å². The van der Waals surface area contributed by atoms with Gasteiger partial charge in [-0.2, -0.15) is 0 Å². The molecule has 1 saturated carbocycles. The van der Waals surface area contributed by atoms with Crippen LogP contribution >= 0.6 is 0 Å². The van der Waals surface area contributed by atoms with Gasteiger partial charge in [-0.3, -0.25) is 4.79 Å². The summed E-state index contributed by atoms with van der Waals surface area (Å²) < 4.78 is 0. The Bertz CT molecular complexity index is 392. The zero-order valence-electron chi connectivity index (χ0n) is 11.7. The molecule has 104 valence electrons. The fourth-order valence-corrected chi connectivity index (χ4v) is 2.56. The molecule has 2 N–H and O–H groups in total. The Hall–Kier alpha value is -1.51. The van der Waals surface area contributed by atoms with E-state index in [-0.39, 0.29) is 5.91 Å². The molecule has 0 aromatic heterocycles. The molecule has 19 heavy (non-hydrogen) atoms. The summed E-state index contributed by atoms with van der Waals surface area (Å²) in [6.07, 6.45) is 7.39. The van der Waals surface area contributed by atoms with Crippen LogP contribution in [0.3, 0.4) is 0 Å². The van der Waals surface area contributed by atoms with Gasteiger partial charge in [0.2, 0.25) is 5.91 Å². The van der Waals surface area contributed by atoms with Crippen LogP contribution in [0.15, 0.2) is 24.3 Å². The number of amides is 1. The van der Waals surface area contributed by atoms with E-state index in [1.807, 2.05) is 24.3 Å². The number of hydrogen-bond donors (Lipinski definition) is 2. The van der Waals surface area contributed by atoms with Crippen molar-refractivity contribution >= 4 is 11.6 Å². The normalized spacial score (nSPS) is 16.7. The highest BCUT2D eigenvalue weighted by molar-refractivity contribution is 5.80. The molecule has 0 unspecified atom stereocenters. The zero-order valence-corrected chi connectivity index (χ0v) is 11.7. The highest BCUT2D eigenvalue weighted by Crippen LogP contribution is 2.17. The van der Waals surface area contributed by atoms with Crippen molar-refractivity contribution in [1.82, 2.24) is 5.32 Å². The summed E-state index contributed by atoms with van der Waals surface area (Å²) in [5, 5.41) is 6.30. The van der Waals surface area contributed by atoms with Crippen LogP contribution in [0.5, 0.6) is 0 Å². The summed E-state index contributed by atoms with van der Waals surface area (Å²) in [6, 6.07) is 8.49. The molecule has 0 bridgehead atoms. The Morgan fingerprint density at radius 1 is 1.11 bits per heavy atom. The highest BCUT2D eigenvalue weighted by Gasteiger charge is 2.14. The van der Waals surface area contributed by atoms with Crippen LogP contribution in [0.1, 0.15) is 44.1 Å². The summed E-state index contributed by atoms with van der Waals surface area (Å²) in [4.78, 5) is 11.9. The molecule has 3 heteroatoms. The van der Waals surface area contributed by atoms with Gasteiger partial charge in [-0.1, -0.05) is 43.4 Å². The van der Waals surface area contributed by atoms with Crippen LogP contribution in [0.4, 0.5) is 5.69 Å². The van der Waals surface area contributed by atoms with E-state index in [1.165, 1.54) is 31.2 Å². The van der Waals surface area contributed by atoms with Crippen molar-refractivity contribution in [3.05, 3.63) is 29.8 Å². The number of rotatable bonds is 4. The smallest absolute Gasteiger partial charge is 0.239 e. The quantitative estimate of drug-likeness (QED) is 0.816. The second-order valence-electron chi connectivity index (χ2n) is 5.48. The van der Waals surface area contributed by atoms with E-state index in [0.29, 0.717) is 12.6 Å². The number of carbonyl (C=O) groups is 1. The number of aryl methyl sites for hydroxylation is 1. The third-order valence-corrected chi connectivity index (χ3v) is 3.72. The van der Waals surface area contributed by atoms with Gasteiger partial charge in [-0.05, 0) is 31.9 Å². The summed E-state index contributed by atoms with van der Waals surface area (Å²) in [7, 11) is 0. The van der Waals surface area contributed by atoms with E-state index in [2.05, 4.69) is 17.6 Å². The maximum absolute atomic E-state index is 11.9. The Balaban J connectivity index is 1.73. The van der Waals surface area contributed by atoms with Gasteiger partial charge in [0.05, 0.1) is 6.54 Å². The molecule has 1 aromatic carbocycles. The van der Waals surface area contributed by atoms with Crippen molar-refractivity contribution in [3.63, 3.8) is 0 Å². The maximum Gasteiger partial charge on any atom is 0.239 e. The first-order chi connectivity index (χ1) is 9.24. The molecule has 0 spiro atoms. The summed E-state index contributed by atoms with van der Waals surface area (Å²) in [5.74, 6) is 0.104. The lowest BCUT2D eigenvalue weighted by Crippen LogP contribution is -2.38. The minimum atomic E-state index is 0.104. The van der Waals surface area contributed by atoms with Crippen LogP contribution in [0, 0.1) is 6.92 Å². The van der Waals surface area contributed by atoms with Crippen LogP contribution in [0.2, 0.25) is 0 Å². The summed E-state index contributed by atoms with van der Waals surface area (Å²) in [5.41, 5.74) is 2.23. The second-order valence-corrected chi connectivity index (χ2v) is 5.48. The van der Waals surface area contributed by atoms with Crippen molar-refractivity contribution in [3.8, 4) is 0 Å². The number of carbonyl (C=O) groups excluding carboxylic acids is 1. The van der Waals surface area contributed by atoms with Gasteiger partial charge < -0.3 is 10.6 Å². The molecule has 0 radical (unpaired) electrons. The summed E-state index contributed by atoms with van der Waals surface area (Å²) in [6.45, 7) is 2.42. The molecule has 1 fully saturated rings. The third-order valence-electron chi connectivity index (χ3n) is 3.72. The maximum atomic E-state index is 11.9. The third kappa shape index (κ3) is 4.93. The topological polar surface area (TPSA) is 41.1 Å². The van der Waals surface area contributed by atoms with Gasteiger partial charge in [0.1, 0.15) is 0 Å². The number of anilines is 1. The van der Waals surface area contributed by atoms with Crippen molar-refractivity contribution < 1.29 is 4.79 Å². The van der Waals surface area contributed by atoms with E-state index >= 15 is 0 Å². The first-order valence-electron chi connectivity index (χ1n) is 7.34. The first-order valence-corrected chi connectivity index (χ1v) is 7.34. The minimum absolute atomic E-state index is 0.104. The Labute approximate surface area is 115 Å². The Morgan fingerprint density at radius 3 is 2.37 bits per heavy atom. The molecule has 0 saturated heterocycles. The SMILES string of the molecule is Cc1ccc(NCC(=O)NC2CCCCCC2)cc1. The van der Waals surface area contributed by atoms with Gasteiger partial charge in [0.25, 0.3) is 0 Å². The lowest BCUT2D eigenvalue weighted by Gasteiger charge is -2.16. The molecule has 1 aliphatic carbocycles. The monoisotopic (exact) mass is 260 g/mol. The highest BCUT2D eigenvalue weighted by atomic mass is 16.1. The minimum Gasteiger partial charge on any atom is -0.376 e. The number of hydrogen-bond acceptors (Lipinski definition) is 2. The molecule has 0 atom stereocenters. The molecular weight excluding hydrogens is 236 g/mol. The molecule has 0 aliphatic heterocycles. The largest absolute Gasteiger partial charge is 0.376 e. The van der Waals surface area contributed by atoms with Crippen LogP contribution < -0.4 is 10.6 Å². The first kappa shape index (κ1) is 13.9. The lowest BCUT2D eigenvalue weighted by molar-refractivity contribution is -0.120. The van der Waals surface area contributed by atoms with Gasteiger partial charge in [-0.15, -0.1) is 0 Å². The average molecular weight is 260 g/mol. The molecule has 1 aromatic rings. The zero-order chi connectivity index (χ0) is 13.5. The van der Waals surface area contributed by atoms with Crippen LogP contribution in [-0.2, 0) is 4.79 Å². The van der Waals surface area contributed by atoms with Crippen LogP contribution in [0.25, 0.3) is 0 Å². The Morgan fingerprint density at radius 2 is 1.74 bits per heavy atom. The van der Waals surface area contributed by atoms with E-state index in [9.17, 15) is 4.79 Å². The molecular formula is C16H24N2O. The molecule has 2 rings (SSSR count). The fraction of sp³-hybridized carbons (Fsp3) is 0.562. The van der Waals surface area contributed by atoms with Crippen molar-refractivity contribution in [2.24, 2.45) is 0 Å². The van der Waals surface area contributed by atoms with Gasteiger partial charge in [0.15, 0.2) is 0 Å². The van der Waals surface area contributed by atoms with E-state index in [0.717, 1.165) is 18.5 Å². The number of benzene rings is 1. The van der Waals surface area contributed by atoms with Crippen molar-refractivity contribution in [2.75, 3.05) is 11.9 Å². The van der Waals surface area contributed by atoms with Gasteiger partial charge in [-0.25, -0.2) is 0 Å². The van der Waals surface area contributed by atoms with E-state index in [4.69, 9.17) is 0 Å². The predicted molar refractivity (Wildman–Crippen MR) is 79.3 cm³/mol. The van der Waals surface area contributed by atoms with Crippen LogP contribution in [-0.4, -0.2) is 18.5 Å². The second kappa shape index (κ2) is 7.17. The number of nitrogens with one attached hydrogen (secondary N) is 2. The average Bonchev–Trinajstić information content (AvgIpc) is 2.67. The van der Waals surface area contributed by atoms with Gasteiger partial charge >= 0.3 is 0 Å². The summed E-state index contributed by atoms with van der Waals surface area (Å²) >= 11 is 0.